The van der Waals surface area contributed by atoms with Crippen LogP contribution in [0.2, 0.25) is 0 Å². The van der Waals surface area contributed by atoms with E-state index in [9.17, 15) is 0 Å². The van der Waals surface area contributed by atoms with Crippen LogP contribution in [0.1, 0.15) is 5.56 Å². The van der Waals surface area contributed by atoms with E-state index >= 15 is 0 Å². The Labute approximate surface area is 120 Å². The summed E-state index contributed by atoms with van der Waals surface area (Å²) in [5.74, 6) is 0. The molecule has 0 saturated carbocycles. The van der Waals surface area contributed by atoms with Gasteiger partial charge in [-0.2, -0.15) is 0 Å². The zero-order chi connectivity index (χ0) is 13.0. The van der Waals surface area contributed by atoms with Gasteiger partial charge in [-0.1, -0.05) is 12.1 Å². The zero-order valence-corrected chi connectivity index (χ0v) is 12.3. The lowest BCUT2D eigenvalue weighted by Gasteiger charge is -2.10. The van der Waals surface area contributed by atoms with Crippen molar-refractivity contribution in [2.24, 2.45) is 0 Å². The van der Waals surface area contributed by atoms with Gasteiger partial charge in [-0.3, -0.25) is 0 Å². The Kier molecular flexibility index (Phi) is 4.43. The Hall–Kier alpha value is -1.27. The lowest BCUT2D eigenvalue weighted by molar-refractivity contribution is 0.185. The molecule has 0 radical (unpaired) electrons. The largest absolute Gasteiger partial charge is 0.397 e. The molecule has 0 unspecified atom stereocenters. The second kappa shape index (κ2) is 6.06. The van der Waals surface area contributed by atoms with Gasteiger partial charge in [-0.25, -0.2) is 0 Å². The van der Waals surface area contributed by atoms with Gasteiger partial charge < -0.3 is 15.8 Å². The van der Waals surface area contributed by atoms with E-state index in [1.54, 1.807) is 7.11 Å². The second-order valence-corrected chi connectivity index (χ2v) is 5.24. The molecule has 0 saturated heterocycles. The maximum absolute atomic E-state index is 5.97. The quantitative estimate of drug-likeness (QED) is 0.649. The first-order valence-electron chi connectivity index (χ1n) is 5.59. The molecule has 3 nitrogen and oxygen atoms in total. The molecule has 0 atom stereocenters. The van der Waals surface area contributed by atoms with Crippen molar-refractivity contribution in [1.82, 2.24) is 0 Å². The third-order valence-electron chi connectivity index (χ3n) is 2.53. The highest BCUT2D eigenvalue weighted by molar-refractivity contribution is 14.1. The van der Waals surface area contributed by atoms with Crippen molar-refractivity contribution in [3.63, 3.8) is 0 Å². The lowest BCUT2D eigenvalue weighted by Crippen LogP contribution is -1.97. The number of benzene rings is 2. The fourth-order valence-corrected chi connectivity index (χ4v) is 2.22. The Bertz CT molecular complexity index is 543. The normalized spacial score (nSPS) is 10.3. The maximum atomic E-state index is 5.97. The molecule has 3 N–H and O–H groups in total. The molecule has 0 aromatic heterocycles. The average Bonchev–Trinajstić information content (AvgIpc) is 2.34. The first-order chi connectivity index (χ1) is 8.69. The lowest BCUT2D eigenvalue weighted by atomic mass is 10.2. The number of ether oxygens (including phenoxy) is 1. The van der Waals surface area contributed by atoms with E-state index in [-0.39, 0.29) is 0 Å². The summed E-state index contributed by atoms with van der Waals surface area (Å²) in [6, 6.07) is 14.1. The monoisotopic (exact) mass is 354 g/mol. The average molecular weight is 354 g/mol. The van der Waals surface area contributed by atoms with Crippen LogP contribution in [0, 0.1) is 3.57 Å². The van der Waals surface area contributed by atoms with Gasteiger partial charge in [-0.15, -0.1) is 0 Å². The number of nitrogens with one attached hydrogen (secondary N) is 1. The molecule has 0 fully saturated rings. The minimum atomic E-state index is 0.609. The van der Waals surface area contributed by atoms with Crippen LogP contribution in [0.15, 0.2) is 42.5 Å². The highest BCUT2D eigenvalue weighted by Gasteiger charge is 2.01. The fraction of sp³-hybridized carbons (Fsp3) is 0.143. The third-order valence-corrected chi connectivity index (χ3v) is 3.20. The van der Waals surface area contributed by atoms with E-state index in [1.807, 2.05) is 36.4 Å². The number of methoxy groups -OCH3 is 1. The van der Waals surface area contributed by atoms with Crippen molar-refractivity contribution < 1.29 is 4.74 Å². The van der Waals surface area contributed by atoms with Crippen LogP contribution >= 0.6 is 22.6 Å². The second-order valence-electron chi connectivity index (χ2n) is 3.99. The highest BCUT2D eigenvalue weighted by Crippen LogP contribution is 2.25. The van der Waals surface area contributed by atoms with Crippen molar-refractivity contribution in [2.75, 3.05) is 18.2 Å². The van der Waals surface area contributed by atoms with Gasteiger partial charge in [0.25, 0.3) is 0 Å². The van der Waals surface area contributed by atoms with Crippen LogP contribution in [-0.2, 0) is 11.3 Å². The summed E-state index contributed by atoms with van der Waals surface area (Å²) in [7, 11) is 1.69. The first-order valence-corrected chi connectivity index (χ1v) is 6.67. The molecule has 0 heterocycles. The molecular weight excluding hydrogens is 339 g/mol. The van der Waals surface area contributed by atoms with Gasteiger partial charge in [0.2, 0.25) is 0 Å². The standard InChI is InChI=1S/C14H15IN2O/c1-18-9-10-3-2-4-12(7-10)17-14-6-5-11(15)8-13(14)16/h2-8,17H,9,16H2,1H3. The fourth-order valence-electron chi connectivity index (χ4n) is 1.71. The minimum absolute atomic E-state index is 0.609. The number of hydrogen-bond acceptors (Lipinski definition) is 3. The number of anilines is 3. The summed E-state index contributed by atoms with van der Waals surface area (Å²) in [6.07, 6.45) is 0. The van der Waals surface area contributed by atoms with Crippen molar-refractivity contribution in [2.45, 2.75) is 6.61 Å². The predicted molar refractivity (Wildman–Crippen MR) is 84.0 cm³/mol. The molecule has 0 spiro atoms. The molecule has 0 amide bonds. The maximum Gasteiger partial charge on any atom is 0.0713 e. The van der Waals surface area contributed by atoms with Gasteiger partial charge >= 0.3 is 0 Å². The van der Waals surface area contributed by atoms with Crippen molar-refractivity contribution in [1.29, 1.82) is 0 Å². The molecular formula is C14H15IN2O. The SMILES string of the molecule is COCc1cccc(Nc2ccc(I)cc2N)c1. The van der Waals surface area contributed by atoms with Crippen LogP contribution < -0.4 is 11.1 Å². The van der Waals surface area contributed by atoms with Crippen LogP contribution in [0.3, 0.4) is 0 Å². The van der Waals surface area contributed by atoms with Crippen LogP contribution in [0.5, 0.6) is 0 Å². The molecule has 18 heavy (non-hydrogen) atoms. The van der Waals surface area contributed by atoms with E-state index in [4.69, 9.17) is 10.5 Å². The number of nitrogens with two attached hydrogens (primary N) is 1. The molecule has 0 bridgehead atoms. The van der Waals surface area contributed by atoms with Gasteiger partial charge in [0.15, 0.2) is 0 Å². The highest BCUT2D eigenvalue weighted by atomic mass is 127. The topological polar surface area (TPSA) is 47.3 Å². The molecule has 4 heteroatoms. The number of hydrogen-bond donors (Lipinski definition) is 2. The van der Waals surface area contributed by atoms with Gasteiger partial charge in [0, 0.05) is 16.4 Å². The molecule has 0 aliphatic carbocycles. The van der Waals surface area contributed by atoms with Crippen LogP contribution in [0.25, 0.3) is 0 Å². The smallest absolute Gasteiger partial charge is 0.0713 e. The molecule has 2 rings (SSSR count). The Balaban J connectivity index is 2.20. The number of rotatable bonds is 4. The van der Waals surface area contributed by atoms with Crippen molar-refractivity contribution >= 4 is 39.7 Å². The molecule has 94 valence electrons. The first kappa shape index (κ1) is 13.2. The summed E-state index contributed by atoms with van der Waals surface area (Å²) in [5.41, 5.74) is 9.79. The van der Waals surface area contributed by atoms with Gasteiger partial charge in [0.05, 0.1) is 18.0 Å². The molecule has 2 aromatic carbocycles. The minimum Gasteiger partial charge on any atom is -0.397 e. The van der Waals surface area contributed by atoms with E-state index in [0.29, 0.717) is 6.61 Å². The summed E-state index contributed by atoms with van der Waals surface area (Å²) in [5, 5.41) is 3.31. The van der Waals surface area contributed by atoms with Crippen LogP contribution in [-0.4, -0.2) is 7.11 Å². The predicted octanol–water partition coefficient (Wildman–Crippen LogP) is 3.76. The van der Waals surface area contributed by atoms with Gasteiger partial charge in [0.1, 0.15) is 0 Å². The van der Waals surface area contributed by atoms with Crippen molar-refractivity contribution in [3.8, 4) is 0 Å². The molecule has 0 aliphatic rings. The van der Waals surface area contributed by atoms with E-state index in [1.165, 1.54) is 0 Å². The Morgan fingerprint density at radius 2 is 2.06 bits per heavy atom. The summed E-state index contributed by atoms with van der Waals surface area (Å²) < 4.78 is 6.25. The third kappa shape index (κ3) is 3.36. The van der Waals surface area contributed by atoms with E-state index in [2.05, 4.69) is 34.0 Å². The number of halogens is 1. The number of nitrogen functional groups attached to an aromatic ring is 1. The Morgan fingerprint density at radius 1 is 1.22 bits per heavy atom. The van der Waals surface area contributed by atoms with Crippen molar-refractivity contribution in [3.05, 3.63) is 51.6 Å². The molecule has 2 aromatic rings. The van der Waals surface area contributed by atoms with Crippen LogP contribution in [0.4, 0.5) is 17.1 Å². The summed E-state index contributed by atoms with van der Waals surface area (Å²) >= 11 is 2.25. The van der Waals surface area contributed by atoms with E-state index in [0.717, 1.165) is 26.2 Å². The van der Waals surface area contributed by atoms with Gasteiger partial charge in [-0.05, 0) is 58.5 Å². The van der Waals surface area contributed by atoms with E-state index < -0.39 is 0 Å². The molecule has 0 aliphatic heterocycles. The summed E-state index contributed by atoms with van der Waals surface area (Å²) in [4.78, 5) is 0. The Morgan fingerprint density at radius 3 is 2.78 bits per heavy atom. The summed E-state index contributed by atoms with van der Waals surface area (Å²) in [6.45, 7) is 0.609. The zero-order valence-electron chi connectivity index (χ0n) is 10.1.